The molecule has 0 aromatic heterocycles. The summed E-state index contributed by atoms with van der Waals surface area (Å²) in [6.07, 6.45) is 0.640. The molecule has 0 N–H and O–H groups in total. The quantitative estimate of drug-likeness (QED) is 0.608. The summed E-state index contributed by atoms with van der Waals surface area (Å²) in [5, 5.41) is 0. The van der Waals surface area contributed by atoms with E-state index in [4.69, 9.17) is 9.05 Å². The molecule has 0 spiro atoms. The van der Waals surface area contributed by atoms with E-state index in [0.29, 0.717) is 19.6 Å². The van der Waals surface area contributed by atoms with Crippen molar-refractivity contribution in [1.82, 2.24) is 0 Å². The van der Waals surface area contributed by atoms with E-state index in [0.717, 1.165) is 0 Å². The maximum Gasteiger partial charge on any atom is 0.331 e. The van der Waals surface area contributed by atoms with Crippen LogP contribution < -0.4 is 0 Å². The number of Topliss-reactive ketones (excluding diaryl/α,β-unsaturated/α-hetero) is 1. The molecular formula is C10H21O4P. The highest BCUT2D eigenvalue weighted by Gasteiger charge is 2.28. The second-order valence-corrected chi connectivity index (χ2v) is 5.45. The van der Waals surface area contributed by atoms with E-state index in [1.807, 2.05) is 0 Å². The lowest BCUT2D eigenvalue weighted by molar-refractivity contribution is -0.121. The fourth-order valence-corrected chi connectivity index (χ4v) is 3.27. The molecule has 0 aliphatic heterocycles. The van der Waals surface area contributed by atoms with Crippen LogP contribution in [0.4, 0.5) is 0 Å². The van der Waals surface area contributed by atoms with E-state index in [1.54, 1.807) is 27.7 Å². The van der Waals surface area contributed by atoms with Crippen molar-refractivity contribution < 1.29 is 18.4 Å². The minimum absolute atomic E-state index is 0.0923. The normalized spacial score (nSPS) is 13.9. The fourth-order valence-electron chi connectivity index (χ4n) is 1.32. The zero-order chi connectivity index (χ0) is 11.9. The van der Waals surface area contributed by atoms with Crippen LogP contribution in [-0.4, -0.2) is 25.2 Å². The SMILES string of the molecule is CCOP(=O)(CC(C)C(=O)CC)OCC. The molecule has 0 aliphatic rings. The third-order valence-electron chi connectivity index (χ3n) is 2.05. The lowest BCUT2D eigenvalue weighted by atomic mass is 10.1. The summed E-state index contributed by atoms with van der Waals surface area (Å²) in [6, 6.07) is 0. The van der Waals surface area contributed by atoms with E-state index >= 15 is 0 Å². The van der Waals surface area contributed by atoms with E-state index < -0.39 is 7.60 Å². The molecule has 0 saturated heterocycles. The molecule has 4 nitrogen and oxygen atoms in total. The Morgan fingerprint density at radius 1 is 1.20 bits per heavy atom. The van der Waals surface area contributed by atoms with Gasteiger partial charge in [-0.05, 0) is 13.8 Å². The minimum Gasteiger partial charge on any atom is -0.309 e. The zero-order valence-electron chi connectivity index (χ0n) is 9.99. The lowest BCUT2D eigenvalue weighted by Crippen LogP contribution is -2.16. The second-order valence-electron chi connectivity index (χ2n) is 3.35. The van der Waals surface area contributed by atoms with Crippen LogP contribution in [0.2, 0.25) is 0 Å². The Kier molecular flexibility index (Phi) is 7.07. The predicted octanol–water partition coefficient (Wildman–Crippen LogP) is 2.87. The van der Waals surface area contributed by atoms with Crippen molar-refractivity contribution in [3.05, 3.63) is 0 Å². The summed E-state index contributed by atoms with van der Waals surface area (Å²) >= 11 is 0. The first kappa shape index (κ1) is 14.8. The zero-order valence-corrected chi connectivity index (χ0v) is 10.9. The highest BCUT2D eigenvalue weighted by atomic mass is 31.2. The Labute approximate surface area is 91.9 Å². The molecule has 1 atom stereocenters. The Morgan fingerprint density at radius 3 is 2.00 bits per heavy atom. The van der Waals surface area contributed by atoms with Crippen LogP contribution in [-0.2, 0) is 18.4 Å². The molecule has 0 aromatic carbocycles. The van der Waals surface area contributed by atoms with Crippen LogP contribution in [0.1, 0.15) is 34.1 Å². The second kappa shape index (κ2) is 7.15. The minimum atomic E-state index is -3.06. The standard InChI is InChI=1S/C10H21O4P/c1-5-10(11)9(4)8-15(12,13-6-2)14-7-3/h9H,5-8H2,1-4H3. The van der Waals surface area contributed by atoms with Crippen molar-refractivity contribution >= 4 is 13.4 Å². The van der Waals surface area contributed by atoms with Crippen molar-refractivity contribution in [3.63, 3.8) is 0 Å². The fraction of sp³-hybridized carbons (Fsp3) is 0.900. The van der Waals surface area contributed by atoms with Crippen LogP contribution >= 0.6 is 7.60 Å². The smallest absolute Gasteiger partial charge is 0.309 e. The molecule has 0 aliphatic carbocycles. The number of carbonyl (C=O) groups excluding carboxylic acids is 1. The van der Waals surface area contributed by atoms with Gasteiger partial charge in [-0.25, -0.2) is 0 Å². The molecule has 0 bridgehead atoms. The molecule has 0 amide bonds. The molecule has 0 radical (unpaired) electrons. The van der Waals surface area contributed by atoms with Gasteiger partial charge in [-0.3, -0.25) is 9.36 Å². The van der Waals surface area contributed by atoms with Crippen molar-refractivity contribution in [3.8, 4) is 0 Å². The van der Waals surface area contributed by atoms with Gasteiger partial charge in [0.15, 0.2) is 0 Å². The average Bonchev–Trinajstić information content (AvgIpc) is 2.16. The van der Waals surface area contributed by atoms with E-state index in [1.165, 1.54) is 0 Å². The van der Waals surface area contributed by atoms with Crippen LogP contribution in [0.15, 0.2) is 0 Å². The van der Waals surface area contributed by atoms with Gasteiger partial charge in [-0.2, -0.15) is 0 Å². The molecule has 90 valence electrons. The molecular weight excluding hydrogens is 215 g/mol. The predicted molar refractivity (Wildman–Crippen MR) is 60.2 cm³/mol. The third kappa shape index (κ3) is 5.45. The molecule has 5 heteroatoms. The Hall–Kier alpha value is -0.180. The highest BCUT2D eigenvalue weighted by Crippen LogP contribution is 2.49. The van der Waals surface area contributed by atoms with Crippen molar-refractivity contribution in [2.45, 2.75) is 34.1 Å². The molecule has 0 saturated carbocycles. The Balaban J connectivity index is 4.40. The van der Waals surface area contributed by atoms with Crippen molar-refractivity contribution in [1.29, 1.82) is 0 Å². The van der Waals surface area contributed by atoms with Crippen LogP contribution in [0.5, 0.6) is 0 Å². The summed E-state index contributed by atoms with van der Waals surface area (Å²) in [5.41, 5.74) is 0. The average molecular weight is 236 g/mol. The highest BCUT2D eigenvalue weighted by molar-refractivity contribution is 7.53. The van der Waals surface area contributed by atoms with Crippen LogP contribution in [0.3, 0.4) is 0 Å². The monoisotopic (exact) mass is 236 g/mol. The molecule has 0 rings (SSSR count). The number of hydrogen-bond acceptors (Lipinski definition) is 4. The summed E-state index contributed by atoms with van der Waals surface area (Å²) < 4.78 is 22.3. The number of rotatable bonds is 8. The molecule has 0 aromatic rings. The topological polar surface area (TPSA) is 52.6 Å². The van der Waals surface area contributed by atoms with Gasteiger partial charge in [0.1, 0.15) is 5.78 Å². The van der Waals surface area contributed by atoms with Gasteiger partial charge >= 0.3 is 7.60 Å². The van der Waals surface area contributed by atoms with Gasteiger partial charge in [0.2, 0.25) is 0 Å². The molecule has 15 heavy (non-hydrogen) atoms. The van der Waals surface area contributed by atoms with E-state index in [-0.39, 0.29) is 17.9 Å². The maximum atomic E-state index is 12.0. The Bertz CT molecular complexity index is 230. The van der Waals surface area contributed by atoms with Gasteiger partial charge in [-0.1, -0.05) is 13.8 Å². The number of hydrogen-bond donors (Lipinski definition) is 0. The largest absolute Gasteiger partial charge is 0.331 e. The maximum absolute atomic E-state index is 12.0. The first-order valence-electron chi connectivity index (χ1n) is 5.39. The molecule has 1 unspecified atom stereocenters. The first-order chi connectivity index (χ1) is 6.99. The van der Waals surface area contributed by atoms with Gasteiger partial charge < -0.3 is 9.05 Å². The van der Waals surface area contributed by atoms with Gasteiger partial charge in [0.05, 0.1) is 19.4 Å². The van der Waals surface area contributed by atoms with Gasteiger partial charge in [0, 0.05) is 12.3 Å². The van der Waals surface area contributed by atoms with Gasteiger partial charge in [0.25, 0.3) is 0 Å². The first-order valence-corrected chi connectivity index (χ1v) is 7.12. The van der Waals surface area contributed by atoms with Gasteiger partial charge in [-0.15, -0.1) is 0 Å². The number of ketones is 1. The van der Waals surface area contributed by atoms with E-state index in [9.17, 15) is 9.36 Å². The summed E-state index contributed by atoms with van der Waals surface area (Å²) in [6.45, 7) is 7.76. The van der Waals surface area contributed by atoms with Crippen LogP contribution in [0.25, 0.3) is 0 Å². The van der Waals surface area contributed by atoms with Crippen LogP contribution in [0, 0.1) is 5.92 Å². The van der Waals surface area contributed by atoms with Crippen molar-refractivity contribution in [2.24, 2.45) is 5.92 Å². The van der Waals surface area contributed by atoms with Crippen molar-refractivity contribution in [2.75, 3.05) is 19.4 Å². The van der Waals surface area contributed by atoms with E-state index in [2.05, 4.69) is 0 Å². The molecule has 0 fully saturated rings. The molecule has 0 heterocycles. The Morgan fingerprint density at radius 2 is 1.67 bits per heavy atom. The summed E-state index contributed by atoms with van der Waals surface area (Å²) in [4.78, 5) is 11.4. The summed E-state index contributed by atoms with van der Waals surface area (Å²) in [7, 11) is -3.06. The lowest BCUT2D eigenvalue weighted by Gasteiger charge is -2.19. The number of carbonyl (C=O) groups is 1. The summed E-state index contributed by atoms with van der Waals surface area (Å²) in [5.74, 6) is -0.173. The third-order valence-corrected chi connectivity index (χ3v) is 4.35.